The molecule has 0 spiro atoms. The van der Waals surface area contributed by atoms with Crippen LogP contribution in [0.3, 0.4) is 0 Å². The second-order valence-electron chi connectivity index (χ2n) is 4.21. The Hall–Kier alpha value is -1.30. The standard InChI is InChI=1S/C14H19N3OS/c1-18-11-10-15-9-5-8-13-16-17-14(19-13)12-6-3-2-4-7-12/h2-4,6-7,15H,5,8-11H2,1H3. The predicted octanol–water partition coefficient (Wildman–Crippen LogP) is 2.37. The highest BCUT2D eigenvalue weighted by atomic mass is 32.1. The summed E-state index contributed by atoms with van der Waals surface area (Å²) in [7, 11) is 1.72. The van der Waals surface area contributed by atoms with Crippen molar-refractivity contribution in [2.75, 3.05) is 26.8 Å². The molecule has 0 atom stereocenters. The Labute approximate surface area is 117 Å². The molecule has 1 N–H and O–H groups in total. The Morgan fingerprint density at radius 1 is 1.16 bits per heavy atom. The first kappa shape index (κ1) is 14.1. The number of hydrogen-bond acceptors (Lipinski definition) is 5. The van der Waals surface area contributed by atoms with Crippen LogP contribution in [-0.4, -0.2) is 37.0 Å². The van der Waals surface area contributed by atoms with Crippen molar-refractivity contribution >= 4 is 11.3 Å². The van der Waals surface area contributed by atoms with E-state index >= 15 is 0 Å². The molecule has 0 amide bonds. The van der Waals surface area contributed by atoms with E-state index in [4.69, 9.17) is 4.74 Å². The minimum absolute atomic E-state index is 0.761. The molecule has 1 aromatic heterocycles. The van der Waals surface area contributed by atoms with Crippen molar-refractivity contribution in [2.24, 2.45) is 0 Å². The van der Waals surface area contributed by atoms with E-state index in [9.17, 15) is 0 Å². The molecular weight excluding hydrogens is 258 g/mol. The van der Waals surface area contributed by atoms with Gasteiger partial charge in [-0.25, -0.2) is 0 Å². The van der Waals surface area contributed by atoms with Crippen molar-refractivity contribution < 1.29 is 4.74 Å². The van der Waals surface area contributed by atoms with Crippen LogP contribution < -0.4 is 5.32 Å². The van der Waals surface area contributed by atoms with Gasteiger partial charge in [0.05, 0.1) is 6.61 Å². The van der Waals surface area contributed by atoms with Crippen molar-refractivity contribution in [3.63, 3.8) is 0 Å². The summed E-state index contributed by atoms with van der Waals surface area (Å²) < 4.78 is 4.98. The van der Waals surface area contributed by atoms with Gasteiger partial charge in [0.1, 0.15) is 10.0 Å². The summed E-state index contributed by atoms with van der Waals surface area (Å²) in [5.41, 5.74) is 1.14. The van der Waals surface area contributed by atoms with Crippen molar-refractivity contribution in [1.82, 2.24) is 15.5 Å². The lowest BCUT2D eigenvalue weighted by atomic mass is 10.2. The lowest BCUT2D eigenvalue weighted by molar-refractivity contribution is 0.199. The van der Waals surface area contributed by atoms with E-state index in [0.717, 1.165) is 48.1 Å². The summed E-state index contributed by atoms with van der Waals surface area (Å²) in [6.45, 7) is 2.66. The van der Waals surface area contributed by atoms with Crippen LogP contribution in [0, 0.1) is 0 Å². The van der Waals surface area contributed by atoms with Crippen molar-refractivity contribution in [3.05, 3.63) is 35.3 Å². The molecule has 1 heterocycles. The Balaban J connectivity index is 1.75. The number of aryl methyl sites for hydroxylation is 1. The Kier molecular flexibility index (Phi) is 5.94. The minimum Gasteiger partial charge on any atom is -0.383 e. The largest absolute Gasteiger partial charge is 0.383 e. The van der Waals surface area contributed by atoms with Crippen molar-refractivity contribution in [2.45, 2.75) is 12.8 Å². The zero-order valence-electron chi connectivity index (χ0n) is 11.1. The van der Waals surface area contributed by atoms with Crippen molar-refractivity contribution in [3.8, 4) is 10.6 Å². The summed E-state index contributed by atoms with van der Waals surface area (Å²) in [5, 5.41) is 13.9. The number of nitrogens with zero attached hydrogens (tertiary/aromatic N) is 2. The summed E-state index contributed by atoms with van der Waals surface area (Å²) in [6, 6.07) is 10.2. The highest BCUT2D eigenvalue weighted by molar-refractivity contribution is 7.14. The first-order valence-corrected chi connectivity index (χ1v) is 7.29. The number of ether oxygens (including phenoxy) is 1. The second kappa shape index (κ2) is 7.99. The average Bonchev–Trinajstić information content (AvgIpc) is 2.92. The van der Waals surface area contributed by atoms with Gasteiger partial charge in [-0.2, -0.15) is 0 Å². The molecule has 0 unspecified atom stereocenters. The number of methoxy groups -OCH3 is 1. The molecule has 0 aliphatic carbocycles. The fourth-order valence-electron chi connectivity index (χ4n) is 1.72. The molecule has 0 fully saturated rings. The average molecular weight is 277 g/mol. The SMILES string of the molecule is COCCNCCCc1nnc(-c2ccccc2)s1. The molecule has 5 heteroatoms. The van der Waals surface area contributed by atoms with E-state index in [-0.39, 0.29) is 0 Å². The van der Waals surface area contributed by atoms with E-state index in [0.29, 0.717) is 0 Å². The monoisotopic (exact) mass is 277 g/mol. The number of nitrogens with one attached hydrogen (secondary N) is 1. The van der Waals surface area contributed by atoms with Gasteiger partial charge in [-0.1, -0.05) is 41.7 Å². The molecule has 19 heavy (non-hydrogen) atoms. The molecule has 4 nitrogen and oxygen atoms in total. The Morgan fingerprint density at radius 2 is 2.00 bits per heavy atom. The highest BCUT2D eigenvalue weighted by Gasteiger charge is 2.05. The minimum atomic E-state index is 0.761. The summed E-state index contributed by atoms with van der Waals surface area (Å²) >= 11 is 1.68. The van der Waals surface area contributed by atoms with Crippen LogP contribution in [0.15, 0.2) is 30.3 Å². The third-order valence-electron chi connectivity index (χ3n) is 2.71. The van der Waals surface area contributed by atoms with Crippen LogP contribution in [0.1, 0.15) is 11.4 Å². The van der Waals surface area contributed by atoms with Crippen LogP contribution in [0.2, 0.25) is 0 Å². The summed E-state index contributed by atoms with van der Waals surface area (Å²) in [6.07, 6.45) is 2.05. The lowest BCUT2D eigenvalue weighted by Gasteiger charge is -2.01. The van der Waals surface area contributed by atoms with Crippen LogP contribution in [-0.2, 0) is 11.2 Å². The van der Waals surface area contributed by atoms with Gasteiger partial charge in [0.2, 0.25) is 0 Å². The van der Waals surface area contributed by atoms with Crippen LogP contribution in [0.4, 0.5) is 0 Å². The number of hydrogen-bond donors (Lipinski definition) is 1. The quantitative estimate of drug-likeness (QED) is 0.753. The van der Waals surface area contributed by atoms with E-state index in [1.54, 1.807) is 18.4 Å². The molecule has 0 radical (unpaired) electrons. The third kappa shape index (κ3) is 4.70. The molecule has 0 bridgehead atoms. The molecule has 0 aliphatic heterocycles. The van der Waals surface area contributed by atoms with E-state index in [2.05, 4.69) is 27.6 Å². The van der Waals surface area contributed by atoms with Gasteiger partial charge < -0.3 is 10.1 Å². The summed E-state index contributed by atoms with van der Waals surface area (Å²) in [5.74, 6) is 0. The second-order valence-corrected chi connectivity index (χ2v) is 5.28. The molecular formula is C14H19N3OS. The van der Waals surface area contributed by atoms with E-state index < -0.39 is 0 Å². The molecule has 0 aliphatic rings. The van der Waals surface area contributed by atoms with Gasteiger partial charge in [-0.3, -0.25) is 0 Å². The van der Waals surface area contributed by atoms with Gasteiger partial charge in [-0.15, -0.1) is 10.2 Å². The maximum Gasteiger partial charge on any atom is 0.147 e. The molecule has 0 saturated heterocycles. The van der Waals surface area contributed by atoms with Crippen LogP contribution >= 0.6 is 11.3 Å². The zero-order chi connectivity index (χ0) is 13.3. The highest BCUT2D eigenvalue weighted by Crippen LogP contribution is 2.23. The Bertz CT molecular complexity index is 473. The molecule has 1 aromatic carbocycles. The van der Waals surface area contributed by atoms with Crippen LogP contribution in [0.25, 0.3) is 10.6 Å². The molecule has 2 aromatic rings. The fourth-order valence-corrected chi connectivity index (χ4v) is 2.60. The van der Waals surface area contributed by atoms with Gasteiger partial charge >= 0.3 is 0 Å². The van der Waals surface area contributed by atoms with Crippen LogP contribution in [0.5, 0.6) is 0 Å². The topological polar surface area (TPSA) is 47.0 Å². The number of benzene rings is 1. The van der Waals surface area contributed by atoms with Gasteiger partial charge in [0.25, 0.3) is 0 Å². The number of rotatable bonds is 8. The predicted molar refractivity (Wildman–Crippen MR) is 78.4 cm³/mol. The maximum absolute atomic E-state index is 4.98. The van der Waals surface area contributed by atoms with Gasteiger partial charge in [0.15, 0.2) is 0 Å². The van der Waals surface area contributed by atoms with E-state index in [1.165, 1.54) is 0 Å². The first-order chi connectivity index (χ1) is 9.40. The lowest BCUT2D eigenvalue weighted by Crippen LogP contribution is -2.20. The fraction of sp³-hybridized carbons (Fsp3) is 0.429. The molecule has 102 valence electrons. The summed E-state index contributed by atoms with van der Waals surface area (Å²) in [4.78, 5) is 0. The smallest absolute Gasteiger partial charge is 0.147 e. The normalized spacial score (nSPS) is 10.8. The van der Waals surface area contributed by atoms with Crippen molar-refractivity contribution in [1.29, 1.82) is 0 Å². The number of aromatic nitrogens is 2. The third-order valence-corrected chi connectivity index (χ3v) is 3.75. The molecule has 2 rings (SSSR count). The van der Waals surface area contributed by atoms with Gasteiger partial charge in [0, 0.05) is 25.6 Å². The zero-order valence-corrected chi connectivity index (χ0v) is 11.9. The van der Waals surface area contributed by atoms with E-state index in [1.807, 2.05) is 18.2 Å². The molecule has 0 saturated carbocycles. The maximum atomic E-state index is 4.98. The van der Waals surface area contributed by atoms with Gasteiger partial charge in [-0.05, 0) is 13.0 Å². The Morgan fingerprint density at radius 3 is 2.79 bits per heavy atom. The first-order valence-electron chi connectivity index (χ1n) is 6.47.